The molecule has 0 aromatic heterocycles. The van der Waals surface area contributed by atoms with E-state index < -0.39 is 0 Å². The Morgan fingerprint density at radius 2 is 2.10 bits per heavy atom. The average molecular weight is 219 g/mol. The van der Waals surface area contributed by atoms with Gasteiger partial charge in [0.2, 0.25) is 0 Å². The monoisotopic (exact) mass is 218 g/mol. The van der Waals surface area contributed by atoms with Crippen molar-refractivity contribution in [1.29, 1.82) is 0 Å². The van der Waals surface area contributed by atoms with Crippen molar-refractivity contribution in [3.63, 3.8) is 0 Å². The Morgan fingerprint density at radius 1 is 1.40 bits per heavy atom. The lowest BCUT2D eigenvalue weighted by Gasteiger charge is -2.06. The average Bonchev–Trinajstić information content (AvgIpc) is 2.41. The Kier molecular flexibility index (Phi) is 5.34. The lowest BCUT2D eigenvalue weighted by molar-refractivity contribution is -0.0468. The fourth-order valence-corrected chi connectivity index (χ4v) is 2.65. The Bertz CT molecular complexity index is 85.8. The summed E-state index contributed by atoms with van der Waals surface area (Å²) >= 11 is 3.59. The van der Waals surface area contributed by atoms with Gasteiger partial charge in [0.25, 0.3) is 0 Å². The molecule has 1 rings (SSSR count). The molecule has 56 valence electrons. The summed E-state index contributed by atoms with van der Waals surface area (Å²) in [6.07, 6.45) is 2.45. The molecule has 0 radical (unpaired) electrons. The summed E-state index contributed by atoms with van der Waals surface area (Å²) in [6.45, 7) is 1.58. The van der Waals surface area contributed by atoms with Crippen LogP contribution in [0.3, 0.4) is 0 Å². The normalized spacial score (nSPS) is 19.3. The first kappa shape index (κ1) is 9.26. The summed E-state index contributed by atoms with van der Waals surface area (Å²) in [7, 11) is 0. The molecule has 0 aliphatic carbocycles. The molecule has 0 atom stereocenters. The molecule has 1 fully saturated rings. The number of halogens is 1. The highest BCUT2D eigenvalue weighted by Crippen LogP contribution is 2.11. The first-order valence-corrected chi connectivity index (χ1v) is 8.62. The molecule has 0 saturated carbocycles. The van der Waals surface area contributed by atoms with Crippen LogP contribution in [0.2, 0.25) is 4.55 Å². The molecular formula is C6H11BrMgO2. The Balaban J connectivity index is 1.91. The van der Waals surface area contributed by atoms with Gasteiger partial charge in [-0.05, 0) is 6.42 Å². The van der Waals surface area contributed by atoms with E-state index in [4.69, 9.17) is 9.47 Å². The number of hydrogen-bond acceptors (Lipinski definition) is 2. The van der Waals surface area contributed by atoms with E-state index in [-0.39, 0.29) is 24.5 Å². The maximum absolute atomic E-state index is 5.28. The summed E-state index contributed by atoms with van der Waals surface area (Å²) < 4.78 is 11.9. The highest BCUT2D eigenvalue weighted by molar-refractivity contribution is 9.23. The molecule has 1 aliphatic rings. The molecule has 0 aromatic rings. The van der Waals surface area contributed by atoms with Gasteiger partial charge in [0.15, 0.2) is 6.29 Å². The van der Waals surface area contributed by atoms with Gasteiger partial charge in [-0.1, -0.05) is 6.42 Å². The number of rotatable bonds is 4. The second-order valence-electron chi connectivity index (χ2n) is 2.36. The fraction of sp³-hybridized carbons (Fsp3) is 1.00. The van der Waals surface area contributed by atoms with Gasteiger partial charge in [-0.15, -0.1) is 4.55 Å². The molecule has 0 spiro atoms. The third-order valence-electron chi connectivity index (χ3n) is 1.51. The van der Waals surface area contributed by atoms with E-state index in [9.17, 15) is 0 Å². The number of ether oxygens (including phenoxy) is 2. The van der Waals surface area contributed by atoms with Crippen LogP contribution in [0.25, 0.3) is 0 Å². The molecule has 4 heteroatoms. The van der Waals surface area contributed by atoms with Crippen LogP contribution in [-0.2, 0) is 9.47 Å². The van der Waals surface area contributed by atoms with Crippen molar-refractivity contribution >= 4 is 31.1 Å². The fourth-order valence-electron chi connectivity index (χ4n) is 0.979. The second kappa shape index (κ2) is 5.77. The van der Waals surface area contributed by atoms with Gasteiger partial charge < -0.3 is 22.4 Å². The lowest BCUT2D eigenvalue weighted by Crippen LogP contribution is -2.06. The van der Waals surface area contributed by atoms with E-state index in [1.54, 1.807) is 0 Å². The van der Waals surface area contributed by atoms with Gasteiger partial charge in [-0.2, -0.15) is 0 Å². The quantitative estimate of drug-likeness (QED) is 0.528. The zero-order chi connectivity index (χ0) is 7.23. The van der Waals surface area contributed by atoms with Crippen molar-refractivity contribution < 1.29 is 9.47 Å². The van der Waals surface area contributed by atoms with Crippen LogP contribution in [-0.4, -0.2) is 37.7 Å². The van der Waals surface area contributed by atoms with E-state index in [0.717, 1.165) is 19.6 Å². The van der Waals surface area contributed by atoms with E-state index in [2.05, 4.69) is 12.9 Å². The van der Waals surface area contributed by atoms with Crippen LogP contribution in [0, 0.1) is 0 Å². The minimum absolute atomic E-state index is 0.0775. The van der Waals surface area contributed by atoms with Crippen LogP contribution in [0.5, 0.6) is 0 Å². The molecule has 0 unspecified atom stereocenters. The Labute approximate surface area is 77.2 Å². The molecule has 1 saturated heterocycles. The summed E-state index contributed by atoms with van der Waals surface area (Å²) in [4.78, 5) is 0. The molecule has 0 bridgehead atoms. The van der Waals surface area contributed by atoms with E-state index in [1.807, 2.05) is 0 Å². The van der Waals surface area contributed by atoms with Crippen LogP contribution >= 0.6 is 12.9 Å². The van der Waals surface area contributed by atoms with Crippen LogP contribution in [0.1, 0.15) is 12.8 Å². The third kappa shape index (κ3) is 3.53. The van der Waals surface area contributed by atoms with Crippen LogP contribution in [0.4, 0.5) is 0 Å². The topological polar surface area (TPSA) is 18.5 Å². The number of hydrogen-bond donors (Lipinski definition) is 0. The Morgan fingerprint density at radius 3 is 2.70 bits per heavy atom. The van der Waals surface area contributed by atoms with E-state index in [0.29, 0.717) is 0 Å². The summed E-state index contributed by atoms with van der Waals surface area (Å²) in [5.41, 5.74) is 0. The van der Waals surface area contributed by atoms with Crippen LogP contribution in [0.15, 0.2) is 0 Å². The van der Waals surface area contributed by atoms with Gasteiger partial charge in [-0.25, -0.2) is 0 Å². The molecular weight excluding hydrogens is 208 g/mol. The maximum atomic E-state index is 5.28. The highest BCUT2D eigenvalue weighted by atomic mass is 79.9. The summed E-state index contributed by atoms with van der Waals surface area (Å²) in [6, 6.07) is 0. The molecule has 2 nitrogen and oxygen atoms in total. The van der Waals surface area contributed by atoms with Gasteiger partial charge >= 0.3 is 18.2 Å². The molecule has 1 heterocycles. The predicted molar refractivity (Wildman–Crippen MR) is 44.4 cm³/mol. The van der Waals surface area contributed by atoms with Crippen LogP contribution < -0.4 is 0 Å². The minimum Gasteiger partial charge on any atom is -0.350 e. The molecule has 10 heavy (non-hydrogen) atoms. The van der Waals surface area contributed by atoms with Crippen molar-refractivity contribution in [2.75, 3.05) is 13.2 Å². The molecule has 0 amide bonds. The van der Waals surface area contributed by atoms with Crippen molar-refractivity contribution in [3.05, 3.63) is 0 Å². The second-order valence-corrected chi connectivity index (χ2v) is 5.82. The molecule has 0 N–H and O–H groups in total. The minimum atomic E-state index is 0.0775. The van der Waals surface area contributed by atoms with Crippen molar-refractivity contribution in [1.82, 2.24) is 0 Å². The smallest absolute Gasteiger partial charge is 0.350 e. The SMILES string of the molecule is [Br][Mg][CH2]CCC1OCCO1. The van der Waals surface area contributed by atoms with Gasteiger partial charge in [0.05, 0.1) is 13.2 Å². The standard InChI is InChI=1S/C6H11O2.BrH.Mg/c1-2-3-6-7-4-5-8-6;;/h6H,1-5H2;1H;/q;;+1/p-1. The van der Waals surface area contributed by atoms with Gasteiger partial charge in [0, 0.05) is 0 Å². The molecule has 1 aliphatic heterocycles. The van der Waals surface area contributed by atoms with Gasteiger partial charge in [0.1, 0.15) is 0 Å². The maximum Gasteiger partial charge on any atom is 0.468 e. The lowest BCUT2D eigenvalue weighted by atomic mass is 10.3. The van der Waals surface area contributed by atoms with Crippen molar-refractivity contribution in [2.24, 2.45) is 0 Å². The Hall–Kier alpha value is 1.17. The van der Waals surface area contributed by atoms with E-state index >= 15 is 0 Å². The first-order valence-electron chi connectivity index (χ1n) is 3.72. The first-order chi connectivity index (χ1) is 4.93. The van der Waals surface area contributed by atoms with E-state index in [1.165, 1.54) is 11.0 Å². The largest absolute Gasteiger partial charge is 0.468 e. The molecule has 0 aromatic carbocycles. The summed E-state index contributed by atoms with van der Waals surface area (Å²) in [5, 5.41) is 0. The predicted octanol–water partition coefficient (Wildman–Crippen LogP) is 1.57. The van der Waals surface area contributed by atoms with Crippen molar-refractivity contribution in [3.8, 4) is 0 Å². The van der Waals surface area contributed by atoms with Crippen molar-refractivity contribution in [2.45, 2.75) is 23.7 Å². The zero-order valence-corrected chi connectivity index (χ0v) is 9.01. The highest BCUT2D eigenvalue weighted by Gasteiger charge is 2.14. The summed E-state index contributed by atoms with van der Waals surface area (Å²) in [5.74, 6) is 0. The van der Waals surface area contributed by atoms with Gasteiger partial charge in [-0.3, -0.25) is 0 Å². The third-order valence-corrected chi connectivity index (χ3v) is 3.96. The zero-order valence-electron chi connectivity index (χ0n) is 6.01.